The Kier molecular flexibility index (Phi) is 7.23. The van der Waals surface area contributed by atoms with Crippen LogP contribution in [0.25, 0.3) is 0 Å². The zero-order chi connectivity index (χ0) is 8.53. The van der Waals surface area contributed by atoms with Gasteiger partial charge in [0.2, 0.25) is 0 Å². The molecule has 0 spiro atoms. The minimum Gasteiger partial charge on any atom is -0.287 e. The molecule has 0 amide bonds. The zero-order valence-electron chi connectivity index (χ0n) is 6.76. The van der Waals surface area contributed by atoms with Crippen molar-refractivity contribution in [2.75, 3.05) is 19.6 Å². The molecule has 62 valence electrons. The van der Waals surface area contributed by atoms with Gasteiger partial charge in [0.15, 0.2) is 0 Å². The van der Waals surface area contributed by atoms with Gasteiger partial charge in [0.05, 0.1) is 12.6 Å². The van der Waals surface area contributed by atoms with E-state index in [1.54, 1.807) is 0 Å². The second kappa shape index (κ2) is 7.59. The lowest BCUT2D eigenvalue weighted by atomic mass is 10.4. The molecule has 0 saturated heterocycles. The first-order valence-electron chi connectivity index (χ1n) is 3.69. The fourth-order valence-electron chi connectivity index (χ4n) is 0.840. The van der Waals surface area contributed by atoms with Gasteiger partial charge < -0.3 is 0 Å². The Morgan fingerprint density at radius 1 is 1.64 bits per heavy atom. The second-order valence-electron chi connectivity index (χ2n) is 2.25. The standard InChI is InChI=1S/C8H13ClN2/c1-2-6-11(8-5-10)7-3-4-9/h3-4H,2,6-8H2,1H3. The summed E-state index contributed by atoms with van der Waals surface area (Å²) in [6.45, 7) is 4.30. The molecule has 0 radical (unpaired) electrons. The largest absolute Gasteiger partial charge is 0.287 e. The Morgan fingerprint density at radius 3 is 2.82 bits per heavy atom. The fourth-order valence-corrected chi connectivity index (χ4v) is 0.920. The van der Waals surface area contributed by atoms with Crippen molar-refractivity contribution in [1.29, 1.82) is 5.26 Å². The Labute approximate surface area is 73.1 Å². The van der Waals surface area contributed by atoms with Crippen LogP contribution >= 0.6 is 11.6 Å². The van der Waals surface area contributed by atoms with Gasteiger partial charge in [-0.2, -0.15) is 5.26 Å². The maximum Gasteiger partial charge on any atom is 0.0868 e. The SMILES string of the molecule is CCCN(CC#N)CC=CCl. The van der Waals surface area contributed by atoms with Crippen LogP contribution in [0.5, 0.6) is 0 Å². The Balaban J connectivity index is 3.61. The predicted octanol–water partition coefficient (Wildman–Crippen LogP) is 1.97. The lowest BCUT2D eigenvalue weighted by molar-refractivity contribution is 0.339. The normalized spacial score (nSPS) is 10.7. The molecule has 0 aromatic heterocycles. The van der Waals surface area contributed by atoms with Crippen LogP contribution in [0, 0.1) is 11.3 Å². The first kappa shape index (κ1) is 10.5. The number of hydrogen-bond donors (Lipinski definition) is 0. The molecule has 0 rings (SSSR count). The van der Waals surface area contributed by atoms with E-state index in [4.69, 9.17) is 16.9 Å². The van der Waals surface area contributed by atoms with E-state index in [1.807, 2.05) is 11.0 Å². The van der Waals surface area contributed by atoms with Crippen LogP contribution in [-0.2, 0) is 0 Å². The van der Waals surface area contributed by atoms with Crippen molar-refractivity contribution in [1.82, 2.24) is 4.90 Å². The van der Waals surface area contributed by atoms with Crippen molar-refractivity contribution in [2.45, 2.75) is 13.3 Å². The molecule has 0 saturated carbocycles. The van der Waals surface area contributed by atoms with Gasteiger partial charge in [0.25, 0.3) is 0 Å². The van der Waals surface area contributed by atoms with Gasteiger partial charge >= 0.3 is 0 Å². The molecule has 2 nitrogen and oxygen atoms in total. The Bertz CT molecular complexity index is 149. The fraction of sp³-hybridized carbons (Fsp3) is 0.625. The Morgan fingerprint density at radius 2 is 2.36 bits per heavy atom. The van der Waals surface area contributed by atoms with Crippen molar-refractivity contribution in [3.05, 3.63) is 11.6 Å². The molecule has 3 heteroatoms. The number of rotatable bonds is 5. The topological polar surface area (TPSA) is 27.0 Å². The molecule has 0 N–H and O–H groups in total. The third-order valence-electron chi connectivity index (χ3n) is 1.29. The highest BCUT2D eigenvalue weighted by Gasteiger charge is 1.98. The molecule has 11 heavy (non-hydrogen) atoms. The van der Waals surface area contributed by atoms with E-state index in [0.717, 1.165) is 19.5 Å². The van der Waals surface area contributed by atoms with Crippen LogP contribution in [-0.4, -0.2) is 24.5 Å². The van der Waals surface area contributed by atoms with Gasteiger partial charge in [-0.05, 0) is 13.0 Å². The van der Waals surface area contributed by atoms with Gasteiger partial charge in [-0.1, -0.05) is 24.6 Å². The summed E-state index contributed by atoms with van der Waals surface area (Å²) in [6, 6.07) is 2.11. The van der Waals surface area contributed by atoms with E-state index in [2.05, 4.69) is 13.0 Å². The third kappa shape index (κ3) is 5.90. The van der Waals surface area contributed by atoms with Crippen LogP contribution in [0.15, 0.2) is 11.6 Å². The summed E-state index contributed by atoms with van der Waals surface area (Å²) in [7, 11) is 0. The summed E-state index contributed by atoms with van der Waals surface area (Å²) in [5.41, 5.74) is 1.49. The minimum atomic E-state index is 0.481. The van der Waals surface area contributed by atoms with Crippen molar-refractivity contribution >= 4 is 11.6 Å². The number of nitrogens with zero attached hydrogens (tertiary/aromatic N) is 2. The Hall–Kier alpha value is -0.520. The molecule has 0 bridgehead atoms. The number of nitriles is 1. The van der Waals surface area contributed by atoms with Crippen molar-refractivity contribution < 1.29 is 0 Å². The van der Waals surface area contributed by atoms with Crippen LogP contribution in [0.2, 0.25) is 0 Å². The molecule has 0 aliphatic heterocycles. The second-order valence-corrected chi connectivity index (χ2v) is 2.51. The van der Waals surface area contributed by atoms with Crippen molar-refractivity contribution in [2.24, 2.45) is 0 Å². The molecular formula is C8H13ClN2. The van der Waals surface area contributed by atoms with Crippen molar-refractivity contribution in [3.63, 3.8) is 0 Å². The van der Waals surface area contributed by atoms with Gasteiger partial charge in [-0.15, -0.1) is 0 Å². The van der Waals surface area contributed by atoms with Crippen LogP contribution in [0.3, 0.4) is 0 Å². The summed E-state index contributed by atoms with van der Waals surface area (Å²) in [5.74, 6) is 0. The zero-order valence-corrected chi connectivity index (χ0v) is 7.51. The molecule has 0 fully saturated rings. The predicted molar refractivity (Wildman–Crippen MR) is 47.3 cm³/mol. The highest BCUT2D eigenvalue weighted by atomic mass is 35.5. The van der Waals surface area contributed by atoms with E-state index in [-0.39, 0.29) is 0 Å². The average Bonchev–Trinajstić information content (AvgIpc) is 2.01. The van der Waals surface area contributed by atoms with Crippen LogP contribution < -0.4 is 0 Å². The van der Waals surface area contributed by atoms with Crippen LogP contribution in [0.4, 0.5) is 0 Å². The number of halogens is 1. The summed E-state index contributed by atoms with van der Waals surface area (Å²) in [5, 5.41) is 8.41. The molecule has 0 unspecified atom stereocenters. The molecule has 0 aliphatic carbocycles. The summed E-state index contributed by atoms with van der Waals surface area (Å²) < 4.78 is 0. The monoisotopic (exact) mass is 172 g/mol. The summed E-state index contributed by atoms with van der Waals surface area (Å²) >= 11 is 5.36. The molecule has 0 aliphatic rings. The summed E-state index contributed by atoms with van der Waals surface area (Å²) in [4.78, 5) is 2.04. The number of hydrogen-bond acceptors (Lipinski definition) is 2. The lowest BCUT2D eigenvalue weighted by Crippen LogP contribution is -2.24. The molecule has 0 atom stereocenters. The first-order chi connectivity index (χ1) is 5.35. The molecule has 0 heterocycles. The van der Waals surface area contributed by atoms with Gasteiger partial charge in [-0.25, -0.2) is 0 Å². The maximum atomic E-state index is 8.41. The lowest BCUT2D eigenvalue weighted by Gasteiger charge is -2.14. The van der Waals surface area contributed by atoms with E-state index >= 15 is 0 Å². The van der Waals surface area contributed by atoms with Crippen molar-refractivity contribution in [3.8, 4) is 6.07 Å². The maximum absolute atomic E-state index is 8.41. The van der Waals surface area contributed by atoms with Gasteiger partial charge in [-0.3, -0.25) is 4.90 Å². The van der Waals surface area contributed by atoms with E-state index in [0.29, 0.717) is 6.54 Å². The highest BCUT2D eigenvalue weighted by molar-refractivity contribution is 6.25. The van der Waals surface area contributed by atoms with Gasteiger partial charge in [0, 0.05) is 12.1 Å². The first-order valence-corrected chi connectivity index (χ1v) is 4.13. The van der Waals surface area contributed by atoms with E-state index in [9.17, 15) is 0 Å². The van der Waals surface area contributed by atoms with Crippen LogP contribution in [0.1, 0.15) is 13.3 Å². The average molecular weight is 173 g/mol. The molecule has 0 aromatic carbocycles. The summed E-state index contributed by atoms with van der Waals surface area (Å²) in [6.07, 6.45) is 2.91. The third-order valence-corrected chi connectivity index (χ3v) is 1.47. The van der Waals surface area contributed by atoms with E-state index < -0.39 is 0 Å². The quantitative estimate of drug-likeness (QED) is 0.593. The molecular weight excluding hydrogens is 160 g/mol. The van der Waals surface area contributed by atoms with E-state index in [1.165, 1.54) is 5.54 Å². The smallest absolute Gasteiger partial charge is 0.0868 e. The minimum absolute atomic E-state index is 0.481. The van der Waals surface area contributed by atoms with Gasteiger partial charge in [0.1, 0.15) is 0 Å². The highest BCUT2D eigenvalue weighted by Crippen LogP contribution is 1.91. The molecule has 0 aromatic rings.